The van der Waals surface area contributed by atoms with E-state index in [2.05, 4.69) is 10.7 Å². The number of benzene rings is 1. The number of hydrogen-bond donors (Lipinski definition) is 1. The first-order chi connectivity index (χ1) is 6.67. The summed E-state index contributed by atoms with van der Waals surface area (Å²) in [6.07, 6.45) is 4.34. The van der Waals surface area contributed by atoms with E-state index in [0.717, 1.165) is 0 Å². The van der Waals surface area contributed by atoms with Crippen LogP contribution >= 0.6 is 0 Å². The first-order valence-electron chi connectivity index (χ1n) is 3.79. The van der Waals surface area contributed by atoms with E-state index >= 15 is 0 Å². The molecule has 0 heterocycles. The molecule has 0 fully saturated rings. The third-order valence-corrected chi connectivity index (χ3v) is 1.55. The molecule has 0 aliphatic carbocycles. The molecule has 1 amide bonds. The van der Waals surface area contributed by atoms with Crippen LogP contribution in [-0.2, 0) is 0 Å². The van der Waals surface area contributed by atoms with Crippen LogP contribution in [0.25, 0.3) is 0 Å². The average Bonchev–Trinajstić information content (AvgIpc) is 2.16. The second kappa shape index (κ2) is 4.19. The average molecular weight is 191 g/mol. The molecular formula is C10H9NO3. The molecule has 0 spiro atoms. The van der Waals surface area contributed by atoms with Gasteiger partial charge in [-0.05, 0) is 12.1 Å². The molecule has 0 atom stereocenters. The summed E-state index contributed by atoms with van der Waals surface area (Å²) in [5.74, 6) is 3.19. The molecule has 0 unspecified atom stereocenters. The molecule has 0 saturated carbocycles. The SMILES string of the molecule is C#Cc1ccc(OC(N)=O)cc1OC. The second-order valence-electron chi connectivity index (χ2n) is 2.43. The molecule has 2 N–H and O–H groups in total. The number of primary amides is 1. The van der Waals surface area contributed by atoms with Crippen LogP contribution in [0.1, 0.15) is 5.56 Å². The van der Waals surface area contributed by atoms with Crippen molar-refractivity contribution >= 4 is 6.09 Å². The van der Waals surface area contributed by atoms with E-state index in [1.807, 2.05) is 0 Å². The van der Waals surface area contributed by atoms with Gasteiger partial charge in [-0.15, -0.1) is 6.42 Å². The van der Waals surface area contributed by atoms with E-state index in [1.165, 1.54) is 13.2 Å². The van der Waals surface area contributed by atoms with E-state index in [9.17, 15) is 4.79 Å². The molecule has 0 bridgehead atoms. The zero-order valence-corrected chi connectivity index (χ0v) is 7.61. The Balaban J connectivity index is 3.03. The predicted molar refractivity (Wildman–Crippen MR) is 51.1 cm³/mol. The Morgan fingerprint density at radius 1 is 1.57 bits per heavy atom. The standard InChI is InChI=1S/C10H9NO3/c1-3-7-4-5-8(14-10(11)12)6-9(7)13-2/h1,4-6H,2H3,(H2,11,12). The van der Waals surface area contributed by atoms with Crippen LogP contribution in [0.3, 0.4) is 0 Å². The lowest BCUT2D eigenvalue weighted by Crippen LogP contribution is -2.16. The second-order valence-corrected chi connectivity index (χ2v) is 2.43. The number of carbonyl (C=O) groups is 1. The highest BCUT2D eigenvalue weighted by Crippen LogP contribution is 2.23. The molecule has 1 rings (SSSR count). The fourth-order valence-corrected chi connectivity index (χ4v) is 0.970. The molecule has 72 valence electrons. The molecule has 1 aromatic rings. The van der Waals surface area contributed by atoms with Crippen LogP contribution in [-0.4, -0.2) is 13.2 Å². The Labute approximate surface area is 81.6 Å². The van der Waals surface area contributed by atoms with Gasteiger partial charge in [-0.2, -0.15) is 0 Å². The monoisotopic (exact) mass is 191 g/mol. The zero-order valence-electron chi connectivity index (χ0n) is 7.61. The van der Waals surface area contributed by atoms with E-state index in [1.54, 1.807) is 12.1 Å². The van der Waals surface area contributed by atoms with Crippen LogP contribution in [0, 0.1) is 12.3 Å². The summed E-state index contributed by atoms with van der Waals surface area (Å²) < 4.78 is 9.63. The van der Waals surface area contributed by atoms with Gasteiger partial charge in [-0.1, -0.05) is 5.92 Å². The molecule has 0 aliphatic heterocycles. The Hall–Kier alpha value is -2.15. The van der Waals surface area contributed by atoms with Crippen molar-refractivity contribution in [3.63, 3.8) is 0 Å². The topological polar surface area (TPSA) is 61.5 Å². The van der Waals surface area contributed by atoms with E-state index in [0.29, 0.717) is 17.1 Å². The van der Waals surface area contributed by atoms with Crippen molar-refractivity contribution in [2.45, 2.75) is 0 Å². The minimum atomic E-state index is -0.875. The van der Waals surface area contributed by atoms with Gasteiger partial charge in [0, 0.05) is 6.07 Å². The quantitative estimate of drug-likeness (QED) is 0.713. The fraction of sp³-hybridized carbons (Fsp3) is 0.100. The number of hydrogen-bond acceptors (Lipinski definition) is 3. The minimum Gasteiger partial charge on any atom is -0.495 e. The maximum absolute atomic E-state index is 10.4. The van der Waals surface area contributed by atoms with E-state index < -0.39 is 6.09 Å². The molecular weight excluding hydrogens is 182 g/mol. The number of ether oxygens (including phenoxy) is 2. The molecule has 4 heteroatoms. The van der Waals surface area contributed by atoms with Crippen molar-refractivity contribution in [3.05, 3.63) is 23.8 Å². The summed E-state index contributed by atoms with van der Waals surface area (Å²) in [5.41, 5.74) is 5.43. The van der Waals surface area contributed by atoms with Gasteiger partial charge in [-0.3, -0.25) is 0 Å². The lowest BCUT2D eigenvalue weighted by molar-refractivity contribution is 0.210. The molecule has 4 nitrogen and oxygen atoms in total. The number of amides is 1. The number of nitrogens with two attached hydrogens (primary N) is 1. The van der Waals surface area contributed by atoms with Crippen LogP contribution in [0.2, 0.25) is 0 Å². The Kier molecular flexibility index (Phi) is 2.97. The zero-order chi connectivity index (χ0) is 10.6. The van der Waals surface area contributed by atoms with Crippen LogP contribution in [0.4, 0.5) is 4.79 Å². The van der Waals surface area contributed by atoms with Crippen molar-refractivity contribution in [1.82, 2.24) is 0 Å². The van der Waals surface area contributed by atoms with Gasteiger partial charge in [0.25, 0.3) is 0 Å². The van der Waals surface area contributed by atoms with Gasteiger partial charge < -0.3 is 15.2 Å². The maximum Gasteiger partial charge on any atom is 0.409 e. The molecule has 0 saturated heterocycles. The third kappa shape index (κ3) is 2.17. The van der Waals surface area contributed by atoms with E-state index in [4.69, 9.17) is 16.9 Å². The largest absolute Gasteiger partial charge is 0.495 e. The molecule has 0 aliphatic rings. The van der Waals surface area contributed by atoms with Gasteiger partial charge in [0.2, 0.25) is 0 Å². The predicted octanol–water partition coefficient (Wildman–Crippen LogP) is 1.13. The highest BCUT2D eigenvalue weighted by molar-refractivity contribution is 5.68. The lowest BCUT2D eigenvalue weighted by Gasteiger charge is -2.05. The molecule has 14 heavy (non-hydrogen) atoms. The lowest BCUT2D eigenvalue weighted by atomic mass is 10.2. The maximum atomic E-state index is 10.4. The minimum absolute atomic E-state index is 0.299. The van der Waals surface area contributed by atoms with Crippen molar-refractivity contribution in [3.8, 4) is 23.8 Å². The van der Waals surface area contributed by atoms with Gasteiger partial charge in [0.15, 0.2) is 0 Å². The highest BCUT2D eigenvalue weighted by atomic mass is 16.5. The summed E-state index contributed by atoms with van der Waals surface area (Å²) >= 11 is 0. The van der Waals surface area contributed by atoms with Gasteiger partial charge in [0.05, 0.1) is 12.7 Å². The normalized spacial score (nSPS) is 8.86. The summed E-state index contributed by atoms with van der Waals surface area (Å²) in [6.45, 7) is 0. The smallest absolute Gasteiger partial charge is 0.409 e. The number of terminal acetylenes is 1. The van der Waals surface area contributed by atoms with E-state index in [-0.39, 0.29) is 0 Å². The molecule has 1 aromatic carbocycles. The first-order valence-corrected chi connectivity index (χ1v) is 3.79. The van der Waals surface area contributed by atoms with Gasteiger partial charge in [-0.25, -0.2) is 4.79 Å². The fourth-order valence-electron chi connectivity index (χ4n) is 0.970. The number of carbonyl (C=O) groups excluding carboxylic acids is 1. The number of methoxy groups -OCH3 is 1. The van der Waals surface area contributed by atoms with Crippen LogP contribution in [0.15, 0.2) is 18.2 Å². The van der Waals surface area contributed by atoms with Gasteiger partial charge in [0.1, 0.15) is 11.5 Å². The summed E-state index contributed by atoms with van der Waals surface area (Å²) in [5, 5.41) is 0. The molecule has 0 radical (unpaired) electrons. The number of rotatable bonds is 2. The van der Waals surface area contributed by atoms with Crippen molar-refractivity contribution in [2.24, 2.45) is 5.73 Å². The van der Waals surface area contributed by atoms with Crippen LogP contribution < -0.4 is 15.2 Å². The summed E-state index contributed by atoms with van der Waals surface area (Å²) in [6, 6.07) is 4.65. The Bertz CT molecular complexity index is 393. The summed E-state index contributed by atoms with van der Waals surface area (Å²) in [4.78, 5) is 10.4. The summed E-state index contributed by atoms with van der Waals surface area (Å²) in [7, 11) is 1.48. The first kappa shape index (κ1) is 9.93. The third-order valence-electron chi connectivity index (χ3n) is 1.55. The van der Waals surface area contributed by atoms with Crippen molar-refractivity contribution < 1.29 is 14.3 Å². The Morgan fingerprint density at radius 3 is 2.79 bits per heavy atom. The van der Waals surface area contributed by atoms with Crippen molar-refractivity contribution in [1.29, 1.82) is 0 Å². The van der Waals surface area contributed by atoms with Crippen LogP contribution in [0.5, 0.6) is 11.5 Å². The van der Waals surface area contributed by atoms with Crippen molar-refractivity contribution in [2.75, 3.05) is 7.11 Å². The molecule has 0 aromatic heterocycles. The Morgan fingerprint density at radius 2 is 2.29 bits per heavy atom. The highest BCUT2D eigenvalue weighted by Gasteiger charge is 2.04. The van der Waals surface area contributed by atoms with Gasteiger partial charge >= 0.3 is 6.09 Å².